The first kappa shape index (κ1) is 21.5. The molecule has 0 spiro atoms. The van der Waals surface area contributed by atoms with Gasteiger partial charge in [0.25, 0.3) is 0 Å². The predicted octanol–water partition coefficient (Wildman–Crippen LogP) is 3.65. The average Bonchev–Trinajstić information content (AvgIpc) is 3.40. The molecular weight excluding hydrogens is 414 g/mol. The minimum absolute atomic E-state index is 0.126. The summed E-state index contributed by atoms with van der Waals surface area (Å²) in [5.41, 5.74) is 1.67. The summed E-state index contributed by atoms with van der Waals surface area (Å²) in [6.45, 7) is 1.53. The third-order valence-electron chi connectivity index (χ3n) is 5.92. The number of nitro groups is 1. The molecular formula is C23H23N3O6. The lowest BCUT2D eigenvalue weighted by Crippen LogP contribution is -2.36. The maximum atomic E-state index is 12.8. The third kappa shape index (κ3) is 3.71. The Morgan fingerprint density at radius 2 is 1.75 bits per heavy atom. The number of carbonyl (C=O) groups excluding carboxylic acids is 1. The minimum atomic E-state index is -0.746. The van der Waals surface area contributed by atoms with E-state index in [0.717, 1.165) is 11.1 Å². The highest BCUT2D eigenvalue weighted by atomic mass is 16.6. The van der Waals surface area contributed by atoms with Gasteiger partial charge >= 0.3 is 11.7 Å². The fourth-order valence-corrected chi connectivity index (χ4v) is 4.48. The number of methoxy groups -OCH3 is 2. The van der Waals surface area contributed by atoms with Gasteiger partial charge in [0.15, 0.2) is 5.69 Å². The van der Waals surface area contributed by atoms with Crippen molar-refractivity contribution in [3.8, 4) is 5.75 Å². The monoisotopic (exact) mass is 437 g/mol. The maximum Gasteiger partial charge on any atom is 0.334 e. The Labute approximate surface area is 184 Å². The SMILES string of the molecule is COC(=O)[C@@H]1N[C@H](c2ccc(OC)cc2)[C@@H](c2onc(C)c2[N+](=O)[O-])[C@@H]1c1ccccc1. The lowest BCUT2D eigenvalue weighted by atomic mass is 9.78. The van der Waals surface area contributed by atoms with Crippen LogP contribution in [0.4, 0.5) is 5.69 Å². The Morgan fingerprint density at radius 3 is 2.34 bits per heavy atom. The number of hydrogen-bond donors (Lipinski definition) is 1. The Bertz CT molecular complexity index is 1110. The van der Waals surface area contributed by atoms with Gasteiger partial charge in [-0.05, 0) is 30.2 Å². The van der Waals surface area contributed by atoms with Gasteiger partial charge in [-0.1, -0.05) is 47.6 Å². The van der Waals surface area contributed by atoms with E-state index in [-0.39, 0.29) is 17.1 Å². The highest BCUT2D eigenvalue weighted by Crippen LogP contribution is 2.52. The summed E-state index contributed by atoms with van der Waals surface area (Å²) in [4.78, 5) is 24.2. The number of esters is 1. The van der Waals surface area contributed by atoms with Crippen molar-refractivity contribution < 1.29 is 23.7 Å². The summed E-state index contributed by atoms with van der Waals surface area (Å²) in [6, 6.07) is 15.5. The first-order valence-electron chi connectivity index (χ1n) is 10.1. The molecule has 32 heavy (non-hydrogen) atoms. The number of benzene rings is 2. The zero-order valence-electron chi connectivity index (χ0n) is 17.8. The minimum Gasteiger partial charge on any atom is -0.497 e. The Kier molecular flexibility index (Phi) is 5.91. The fraction of sp³-hybridized carbons (Fsp3) is 0.304. The van der Waals surface area contributed by atoms with Crippen LogP contribution in [0.3, 0.4) is 0 Å². The highest BCUT2D eigenvalue weighted by Gasteiger charge is 2.52. The van der Waals surface area contributed by atoms with Gasteiger partial charge in [-0.2, -0.15) is 0 Å². The van der Waals surface area contributed by atoms with Crippen molar-refractivity contribution in [3.63, 3.8) is 0 Å². The van der Waals surface area contributed by atoms with Crippen LogP contribution in [0.2, 0.25) is 0 Å². The van der Waals surface area contributed by atoms with Gasteiger partial charge in [0, 0.05) is 12.0 Å². The molecule has 1 aromatic heterocycles. The number of carbonyl (C=O) groups is 1. The Hall–Kier alpha value is -3.72. The molecule has 1 aliphatic rings. The normalized spacial score (nSPS) is 22.5. The number of hydrogen-bond acceptors (Lipinski definition) is 8. The maximum absolute atomic E-state index is 12.8. The van der Waals surface area contributed by atoms with Crippen molar-refractivity contribution in [2.45, 2.75) is 30.8 Å². The molecule has 0 saturated carbocycles. The summed E-state index contributed by atoms with van der Waals surface area (Å²) >= 11 is 0. The first-order chi connectivity index (χ1) is 15.5. The molecule has 1 fully saturated rings. The smallest absolute Gasteiger partial charge is 0.334 e. The van der Waals surface area contributed by atoms with Crippen molar-refractivity contribution in [3.05, 3.63) is 87.3 Å². The van der Waals surface area contributed by atoms with Gasteiger partial charge in [0.05, 0.1) is 25.1 Å². The Morgan fingerprint density at radius 1 is 1.06 bits per heavy atom. The van der Waals surface area contributed by atoms with E-state index in [1.807, 2.05) is 42.5 Å². The van der Waals surface area contributed by atoms with Crippen molar-refractivity contribution in [2.75, 3.05) is 14.2 Å². The van der Waals surface area contributed by atoms with Crippen molar-refractivity contribution in [2.24, 2.45) is 0 Å². The first-order valence-corrected chi connectivity index (χ1v) is 10.1. The van der Waals surface area contributed by atoms with Crippen LogP contribution in [-0.2, 0) is 9.53 Å². The van der Waals surface area contributed by atoms with Gasteiger partial charge in [0.2, 0.25) is 5.76 Å². The van der Waals surface area contributed by atoms with Crippen LogP contribution in [0.15, 0.2) is 59.1 Å². The van der Waals surface area contributed by atoms with Crippen LogP contribution in [0.25, 0.3) is 0 Å². The summed E-state index contributed by atoms with van der Waals surface area (Å²) in [5, 5.41) is 19.1. The number of aromatic nitrogens is 1. The summed E-state index contributed by atoms with van der Waals surface area (Å²) in [6.07, 6.45) is 0. The largest absolute Gasteiger partial charge is 0.497 e. The number of aryl methyl sites for hydroxylation is 1. The second-order valence-electron chi connectivity index (χ2n) is 7.62. The van der Waals surface area contributed by atoms with Gasteiger partial charge in [-0.15, -0.1) is 0 Å². The van der Waals surface area contributed by atoms with Crippen molar-refractivity contribution in [1.82, 2.24) is 10.5 Å². The van der Waals surface area contributed by atoms with Gasteiger partial charge in [-0.25, -0.2) is 0 Å². The quantitative estimate of drug-likeness (QED) is 0.353. The van der Waals surface area contributed by atoms with Gasteiger partial charge in [0.1, 0.15) is 11.8 Å². The van der Waals surface area contributed by atoms with Crippen LogP contribution in [0, 0.1) is 17.0 Å². The molecule has 0 aliphatic carbocycles. The van der Waals surface area contributed by atoms with Crippen LogP contribution < -0.4 is 10.1 Å². The standard InChI is InChI=1S/C23H23N3O6/c1-13-21(26(28)29)22(32-25-13)18-17(14-7-5-4-6-8-14)20(23(27)31-3)24-19(18)15-9-11-16(30-2)12-10-15/h4-12,17-20,24H,1-3H3/t17-,18-,19+,20+/m0/s1. The molecule has 9 nitrogen and oxygen atoms in total. The van der Waals surface area contributed by atoms with E-state index in [0.29, 0.717) is 5.75 Å². The second kappa shape index (κ2) is 8.80. The molecule has 4 atom stereocenters. The molecule has 4 rings (SSSR count). The van der Waals surface area contributed by atoms with Crippen molar-refractivity contribution >= 4 is 11.7 Å². The summed E-state index contributed by atoms with van der Waals surface area (Å²) in [7, 11) is 2.90. The van der Waals surface area contributed by atoms with Crippen LogP contribution in [0.1, 0.15) is 40.5 Å². The third-order valence-corrected chi connectivity index (χ3v) is 5.92. The number of ether oxygens (including phenoxy) is 2. The molecule has 1 saturated heterocycles. The van der Waals surface area contributed by atoms with Gasteiger partial charge < -0.3 is 14.0 Å². The number of nitrogens with one attached hydrogen (secondary N) is 1. The zero-order valence-corrected chi connectivity index (χ0v) is 17.8. The van der Waals surface area contributed by atoms with E-state index in [2.05, 4.69) is 10.5 Å². The average molecular weight is 437 g/mol. The summed E-state index contributed by atoms with van der Waals surface area (Å²) in [5.74, 6) is -0.730. The van der Waals surface area contributed by atoms with E-state index in [4.69, 9.17) is 14.0 Å². The van der Waals surface area contributed by atoms with Crippen molar-refractivity contribution in [1.29, 1.82) is 0 Å². The molecule has 3 aromatic rings. The molecule has 0 radical (unpaired) electrons. The topological polar surface area (TPSA) is 117 Å². The fourth-order valence-electron chi connectivity index (χ4n) is 4.48. The number of rotatable bonds is 6. The van der Waals surface area contributed by atoms with E-state index in [9.17, 15) is 14.9 Å². The molecule has 2 heterocycles. The molecule has 0 amide bonds. The predicted molar refractivity (Wildman–Crippen MR) is 114 cm³/mol. The van der Waals surface area contributed by atoms with Crippen LogP contribution >= 0.6 is 0 Å². The number of nitrogens with zero attached hydrogens (tertiary/aromatic N) is 2. The molecule has 0 bridgehead atoms. The zero-order chi connectivity index (χ0) is 22.8. The Balaban J connectivity index is 1.92. The summed E-state index contributed by atoms with van der Waals surface area (Å²) < 4.78 is 15.9. The molecule has 166 valence electrons. The van der Waals surface area contributed by atoms with Crippen LogP contribution in [0.5, 0.6) is 5.75 Å². The van der Waals surface area contributed by atoms with E-state index in [1.165, 1.54) is 14.0 Å². The van der Waals surface area contributed by atoms with E-state index in [1.54, 1.807) is 19.2 Å². The lowest BCUT2D eigenvalue weighted by Gasteiger charge is -2.23. The molecule has 9 heteroatoms. The van der Waals surface area contributed by atoms with E-state index >= 15 is 0 Å². The molecule has 0 unspecified atom stereocenters. The molecule has 2 aromatic carbocycles. The van der Waals surface area contributed by atoms with E-state index < -0.39 is 34.8 Å². The second-order valence-corrected chi connectivity index (χ2v) is 7.62. The van der Waals surface area contributed by atoms with Crippen LogP contribution in [-0.4, -0.2) is 36.3 Å². The molecule has 1 aliphatic heterocycles. The molecule has 1 N–H and O–H groups in total. The lowest BCUT2D eigenvalue weighted by molar-refractivity contribution is -0.386. The highest BCUT2D eigenvalue weighted by molar-refractivity contribution is 5.78. The van der Waals surface area contributed by atoms with Gasteiger partial charge in [-0.3, -0.25) is 20.2 Å².